The lowest BCUT2D eigenvalue weighted by atomic mass is 10.2. The smallest absolute Gasteiger partial charge is 0.419 e. The van der Waals surface area contributed by atoms with Crippen LogP contribution in [0.1, 0.15) is 17.4 Å². The highest BCUT2D eigenvalue weighted by Crippen LogP contribution is 2.29. The van der Waals surface area contributed by atoms with Gasteiger partial charge in [0.1, 0.15) is 17.4 Å². The third-order valence-corrected chi connectivity index (χ3v) is 3.09. The van der Waals surface area contributed by atoms with Gasteiger partial charge in [-0.2, -0.15) is 18.3 Å². The van der Waals surface area contributed by atoms with Gasteiger partial charge in [-0.3, -0.25) is 4.68 Å². The van der Waals surface area contributed by atoms with Crippen LogP contribution in [-0.4, -0.2) is 14.9 Å². The van der Waals surface area contributed by atoms with E-state index in [2.05, 4.69) is 5.10 Å². The van der Waals surface area contributed by atoms with Crippen molar-refractivity contribution in [3.05, 3.63) is 54.0 Å². The molecule has 0 aliphatic heterocycles. The van der Waals surface area contributed by atoms with E-state index < -0.39 is 17.8 Å². The lowest BCUT2D eigenvalue weighted by molar-refractivity contribution is -0.137. The van der Waals surface area contributed by atoms with Gasteiger partial charge in [-0.1, -0.05) is 18.2 Å². The molecule has 4 nitrogen and oxygen atoms in total. The Balaban J connectivity index is 1.79. The fourth-order valence-electron chi connectivity index (χ4n) is 2.04. The minimum Gasteiger partial charge on any atom is -0.458 e. The van der Waals surface area contributed by atoms with Crippen LogP contribution in [0.4, 0.5) is 13.2 Å². The Morgan fingerprint density at radius 1 is 1.29 bits per heavy atom. The van der Waals surface area contributed by atoms with Gasteiger partial charge in [0, 0.05) is 11.6 Å². The molecule has 0 radical (unpaired) electrons. The Hall–Kier alpha value is -2.28. The van der Waals surface area contributed by atoms with Gasteiger partial charge in [-0.15, -0.1) is 0 Å². The zero-order valence-corrected chi connectivity index (χ0v) is 10.7. The molecule has 110 valence electrons. The van der Waals surface area contributed by atoms with Gasteiger partial charge >= 0.3 is 6.18 Å². The summed E-state index contributed by atoms with van der Waals surface area (Å²) in [6, 6.07) is 8.86. The molecule has 0 saturated carbocycles. The normalized spacial score (nSPS) is 13.7. The largest absolute Gasteiger partial charge is 0.458 e. The van der Waals surface area contributed by atoms with Crippen LogP contribution in [0.25, 0.3) is 11.0 Å². The van der Waals surface area contributed by atoms with E-state index in [1.54, 1.807) is 18.2 Å². The van der Waals surface area contributed by atoms with Gasteiger partial charge < -0.3 is 9.52 Å². The van der Waals surface area contributed by atoms with Crippen molar-refractivity contribution >= 4 is 11.0 Å². The number of para-hydroxylation sites is 1. The number of aliphatic hydroxyl groups excluding tert-OH is 1. The second-order valence-corrected chi connectivity index (χ2v) is 4.65. The third kappa shape index (κ3) is 2.78. The molecule has 0 aliphatic carbocycles. The minimum atomic E-state index is -4.44. The monoisotopic (exact) mass is 296 g/mol. The molecule has 0 saturated heterocycles. The van der Waals surface area contributed by atoms with E-state index in [0.717, 1.165) is 22.5 Å². The number of aliphatic hydroxyl groups is 1. The van der Waals surface area contributed by atoms with E-state index in [0.29, 0.717) is 11.3 Å². The van der Waals surface area contributed by atoms with Crippen LogP contribution < -0.4 is 0 Å². The number of furan rings is 1. The Morgan fingerprint density at radius 2 is 2.05 bits per heavy atom. The Kier molecular flexibility index (Phi) is 3.21. The molecule has 0 bridgehead atoms. The van der Waals surface area contributed by atoms with Crippen LogP contribution in [-0.2, 0) is 12.7 Å². The topological polar surface area (TPSA) is 51.2 Å². The summed E-state index contributed by atoms with van der Waals surface area (Å²) in [5.41, 5.74) is -0.234. The summed E-state index contributed by atoms with van der Waals surface area (Å²) in [6.07, 6.45) is -3.93. The van der Waals surface area contributed by atoms with Crippen molar-refractivity contribution in [1.82, 2.24) is 9.78 Å². The highest BCUT2D eigenvalue weighted by atomic mass is 19.4. The zero-order valence-electron chi connectivity index (χ0n) is 10.7. The van der Waals surface area contributed by atoms with Crippen molar-refractivity contribution in [3.8, 4) is 0 Å². The number of alkyl halides is 3. The molecule has 0 fully saturated rings. The summed E-state index contributed by atoms with van der Waals surface area (Å²) in [6.45, 7) is -0.115. The summed E-state index contributed by atoms with van der Waals surface area (Å²) in [5.74, 6) is 0.292. The van der Waals surface area contributed by atoms with E-state index in [-0.39, 0.29) is 6.54 Å². The van der Waals surface area contributed by atoms with Crippen LogP contribution in [0.3, 0.4) is 0 Å². The highest BCUT2D eigenvalue weighted by molar-refractivity contribution is 5.77. The summed E-state index contributed by atoms with van der Waals surface area (Å²) < 4.78 is 43.9. The second kappa shape index (κ2) is 4.92. The second-order valence-electron chi connectivity index (χ2n) is 4.65. The molecule has 1 unspecified atom stereocenters. The molecule has 0 amide bonds. The number of hydrogen-bond donors (Lipinski definition) is 1. The third-order valence-electron chi connectivity index (χ3n) is 3.09. The van der Waals surface area contributed by atoms with E-state index in [4.69, 9.17) is 4.42 Å². The summed E-state index contributed by atoms with van der Waals surface area (Å²) in [4.78, 5) is 0. The number of benzene rings is 1. The van der Waals surface area contributed by atoms with E-state index in [9.17, 15) is 18.3 Å². The predicted octanol–water partition coefficient (Wildman–Crippen LogP) is 3.38. The first kappa shape index (κ1) is 13.7. The van der Waals surface area contributed by atoms with E-state index in [1.165, 1.54) is 0 Å². The van der Waals surface area contributed by atoms with Crippen LogP contribution >= 0.6 is 0 Å². The zero-order chi connectivity index (χ0) is 15.0. The average Bonchev–Trinajstić information content (AvgIpc) is 3.03. The quantitative estimate of drug-likeness (QED) is 0.806. The molecule has 1 aromatic carbocycles. The summed E-state index contributed by atoms with van der Waals surface area (Å²) >= 11 is 0. The lowest BCUT2D eigenvalue weighted by Gasteiger charge is -2.07. The first-order valence-electron chi connectivity index (χ1n) is 6.19. The maximum Gasteiger partial charge on any atom is 0.419 e. The van der Waals surface area contributed by atoms with Crippen LogP contribution in [0, 0.1) is 0 Å². The first-order chi connectivity index (χ1) is 9.93. The Morgan fingerprint density at radius 3 is 2.71 bits per heavy atom. The molecule has 0 aliphatic rings. The van der Waals surface area contributed by atoms with Crippen molar-refractivity contribution in [2.75, 3.05) is 0 Å². The molecule has 0 spiro atoms. The Labute approximate surface area is 117 Å². The molecule has 1 atom stereocenters. The van der Waals surface area contributed by atoms with Crippen molar-refractivity contribution in [2.24, 2.45) is 0 Å². The van der Waals surface area contributed by atoms with E-state index >= 15 is 0 Å². The van der Waals surface area contributed by atoms with Crippen molar-refractivity contribution in [1.29, 1.82) is 0 Å². The van der Waals surface area contributed by atoms with Gasteiger partial charge in [0.25, 0.3) is 0 Å². The minimum absolute atomic E-state index is 0.115. The molecular formula is C14H11F3N2O2. The molecule has 3 rings (SSSR count). The molecule has 1 N–H and O–H groups in total. The lowest BCUT2D eigenvalue weighted by Crippen LogP contribution is -2.09. The standard InChI is InChI=1S/C14H11F3N2O2/c15-14(16,17)10-6-18-19(7-10)8-11(20)13-5-9-3-1-2-4-12(9)21-13/h1-7,11,20H,8H2. The van der Waals surface area contributed by atoms with Crippen LogP contribution in [0.15, 0.2) is 47.1 Å². The number of hydrogen-bond acceptors (Lipinski definition) is 3. The van der Waals surface area contributed by atoms with Gasteiger partial charge in [0.2, 0.25) is 0 Å². The van der Waals surface area contributed by atoms with E-state index in [1.807, 2.05) is 12.1 Å². The maximum absolute atomic E-state index is 12.5. The average molecular weight is 296 g/mol. The Bertz CT molecular complexity index is 728. The molecule has 3 aromatic rings. The van der Waals surface area contributed by atoms with Crippen LogP contribution in [0.5, 0.6) is 0 Å². The fourth-order valence-corrected chi connectivity index (χ4v) is 2.04. The van der Waals surface area contributed by atoms with Crippen molar-refractivity contribution in [2.45, 2.75) is 18.8 Å². The predicted molar refractivity (Wildman–Crippen MR) is 68.4 cm³/mol. The fraction of sp³-hybridized carbons (Fsp3) is 0.214. The molecule has 2 aromatic heterocycles. The number of rotatable bonds is 3. The van der Waals surface area contributed by atoms with Crippen LogP contribution in [0.2, 0.25) is 0 Å². The van der Waals surface area contributed by atoms with Gasteiger partial charge in [0.15, 0.2) is 0 Å². The molecule has 2 heterocycles. The number of fused-ring (bicyclic) bond motifs is 1. The van der Waals surface area contributed by atoms with Gasteiger partial charge in [-0.25, -0.2) is 0 Å². The van der Waals surface area contributed by atoms with Crippen molar-refractivity contribution in [3.63, 3.8) is 0 Å². The molecule has 21 heavy (non-hydrogen) atoms. The summed E-state index contributed by atoms with van der Waals surface area (Å²) in [5, 5.41) is 14.5. The number of aromatic nitrogens is 2. The van der Waals surface area contributed by atoms with Gasteiger partial charge in [-0.05, 0) is 12.1 Å². The van der Waals surface area contributed by atoms with Gasteiger partial charge in [0.05, 0.1) is 18.3 Å². The van der Waals surface area contributed by atoms with Crippen molar-refractivity contribution < 1.29 is 22.7 Å². The molecule has 7 heteroatoms. The first-order valence-corrected chi connectivity index (χ1v) is 6.19. The maximum atomic E-state index is 12.5. The molecular weight excluding hydrogens is 285 g/mol. The number of halogens is 3. The SMILES string of the molecule is OC(Cn1cc(C(F)(F)F)cn1)c1cc2ccccc2o1. The number of nitrogens with zero attached hydrogens (tertiary/aromatic N) is 2. The summed E-state index contributed by atoms with van der Waals surface area (Å²) in [7, 11) is 0. The highest BCUT2D eigenvalue weighted by Gasteiger charge is 2.32.